The number of carbonyl (C=O) groups excluding carboxylic acids is 1. The highest BCUT2D eigenvalue weighted by molar-refractivity contribution is 5.80. The third-order valence-corrected chi connectivity index (χ3v) is 2.07. The van der Waals surface area contributed by atoms with Crippen LogP contribution < -0.4 is 4.74 Å². The summed E-state index contributed by atoms with van der Waals surface area (Å²) < 4.78 is 5.31. The molecule has 0 aliphatic carbocycles. The van der Waals surface area contributed by atoms with E-state index in [4.69, 9.17) is 10.3 Å². The zero-order valence-corrected chi connectivity index (χ0v) is 10.1. The monoisotopic (exact) mass is 243 g/mol. The molecule has 0 unspecified atom stereocenters. The van der Waals surface area contributed by atoms with E-state index in [1.54, 1.807) is 18.2 Å². The molecule has 5 heteroatoms. The second kappa shape index (κ2) is 7.77. The number of ether oxygens (including phenoxy) is 1. The van der Waals surface area contributed by atoms with Crippen molar-refractivity contribution in [3.05, 3.63) is 39.8 Å². The van der Waals surface area contributed by atoms with Gasteiger partial charge in [-0.1, -0.05) is 17.0 Å². The summed E-state index contributed by atoms with van der Waals surface area (Å²) in [5.41, 5.74) is 9.31. The minimum absolute atomic E-state index is 0.348. The fraction of sp³-hybridized carbons (Fsp3) is 0.308. The molecule has 5 nitrogen and oxygen atoms in total. The lowest BCUT2D eigenvalue weighted by atomic mass is 10.1. The van der Waals surface area contributed by atoms with Crippen LogP contribution in [0.4, 0.5) is 0 Å². The summed E-state index contributed by atoms with van der Waals surface area (Å²) in [6, 6.07) is 5.20. The van der Waals surface area contributed by atoms with Gasteiger partial charge in [-0.25, -0.2) is 0 Å². The number of aldehydes is 1. The molecular formula is C13H13N3O2. The molecule has 0 saturated carbocycles. The lowest BCUT2D eigenvalue weighted by molar-refractivity contribution is 0.112. The Morgan fingerprint density at radius 1 is 1.56 bits per heavy atom. The Bertz CT molecular complexity index is 523. The topological polar surface area (TPSA) is 75.1 Å². The fourth-order valence-electron chi connectivity index (χ4n) is 1.32. The van der Waals surface area contributed by atoms with Crippen LogP contribution in [-0.2, 0) is 0 Å². The average Bonchev–Trinajstić information content (AvgIpc) is 2.40. The molecule has 0 saturated heterocycles. The third-order valence-electron chi connectivity index (χ3n) is 2.07. The maximum atomic E-state index is 10.9. The van der Waals surface area contributed by atoms with Crippen LogP contribution in [0.25, 0.3) is 10.4 Å². The Labute approximate surface area is 105 Å². The van der Waals surface area contributed by atoms with Crippen molar-refractivity contribution in [3.8, 4) is 17.6 Å². The summed E-state index contributed by atoms with van der Waals surface area (Å²) >= 11 is 0. The minimum atomic E-state index is 0.348. The molecule has 0 spiro atoms. The molecule has 1 rings (SSSR count). The van der Waals surface area contributed by atoms with Crippen LogP contribution in [0.1, 0.15) is 29.3 Å². The molecule has 0 aliphatic heterocycles. The van der Waals surface area contributed by atoms with Crippen molar-refractivity contribution in [3.63, 3.8) is 0 Å². The van der Waals surface area contributed by atoms with Crippen LogP contribution in [0.2, 0.25) is 0 Å². The summed E-state index contributed by atoms with van der Waals surface area (Å²) in [5, 5.41) is 3.38. The van der Waals surface area contributed by atoms with Gasteiger partial charge in [0.2, 0.25) is 0 Å². The summed E-state index contributed by atoms with van der Waals surface area (Å²) in [6.45, 7) is 2.72. The molecule has 0 heterocycles. The number of carbonyl (C=O) groups is 1. The zero-order chi connectivity index (χ0) is 13.2. The second-order valence-electron chi connectivity index (χ2n) is 3.31. The lowest BCUT2D eigenvalue weighted by Crippen LogP contribution is -1.96. The largest absolute Gasteiger partial charge is 0.493 e. The highest BCUT2D eigenvalue weighted by Crippen LogP contribution is 2.17. The molecule has 0 amide bonds. The Morgan fingerprint density at radius 3 is 3.06 bits per heavy atom. The fourth-order valence-corrected chi connectivity index (χ4v) is 1.32. The van der Waals surface area contributed by atoms with Crippen molar-refractivity contribution >= 4 is 6.29 Å². The van der Waals surface area contributed by atoms with Gasteiger partial charge in [0, 0.05) is 23.4 Å². The van der Waals surface area contributed by atoms with E-state index in [0.717, 1.165) is 11.8 Å². The van der Waals surface area contributed by atoms with Crippen LogP contribution in [0.5, 0.6) is 5.75 Å². The molecule has 92 valence electrons. The van der Waals surface area contributed by atoms with Crippen LogP contribution >= 0.6 is 0 Å². The first-order chi connectivity index (χ1) is 8.81. The van der Waals surface area contributed by atoms with E-state index >= 15 is 0 Å². The molecule has 0 bridgehead atoms. The molecule has 18 heavy (non-hydrogen) atoms. The number of azide groups is 1. The van der Waals surface area contributed by atoms with Crippen molar-refractivity contribution in [2.45, 2.75) is 13.3 Å². The number of nitrogens with zero attached hydrogens (tertiary/aromatic N) is 3. The first-order valence-electron chi connectivity index (χ1n) is 5.53. The Hall–Kier alpha value is -2.44. The summed E-state index contributed by atoms with van der Waals surface area (Å²) in [7, 11) is 0. The lowest BCUT2D eigenvalue weighted by Gasteiger charge is -2.05. The van der Waals surface area contributed by atoms with E-state index < -0.39 is 0 Å². The van der Waals surface area contributed by atoms with E-state index in [0.29, 0.717) is 30.9 Å². The quantitative estimate of drug-likeness (QED) is 0.199. The molecule has 1 aromatic carbocycles. The van der Waals surface area contributed by atoms with Crippen molar-refractivity contribution < 1.29 is 9.53 Å². The number of benzene rings is 1. The molecule has 0 aliphatic rings. The summed E-state index contributed by atoms with van der Waals surface area (Å²) in [5.74, 6) is 6.33. The Balaban J connectivity index is 2.78. The van der Waals surface area contributed by atoms with Gasteiger partial charge in [0.25, 0.3) is 0 Å². The van der Waals surface area contributed by atoms with Crippen molar-refractivity contribution in [2.24, 2.45) is 5.11 Å². The molecule has 0 N–H and O–H groups in total. The van der Waals surface area contributed by atoms with E-state index in [-0.39, 0.29) is 0 Å². The van der Waals surface area contributed by atoms with Crippen LogP contribution in [0.3, 0.4) is 0 Å². The highest BCUT2D eigenvalue weighted by atomic mass is 16.5. The summed E-state index contributed by atoms with van der Waals surface area (Å²) in [4.78, 5) is 13.5. The van der Waals surface area contributed by atoms with Gasteiger partial charge in [-0.2, -0.15) is 0 Å². The zero-order valence-electron chi connectivity index (χ0n) is 10.1. The third kappa shape index (κ3) is 4.20. The molecule has 0 aromatic heterocycles. The van der Waals surface area contributed by atoms with Crippen LogP contribution in [0, 0.1) is 11.8 Å². The minimum Gasteiger partial charge on any atom is -0.493 e. The predicted octanol–water partition coefficient (Wildman–Crippen LogP) is 2.95. The normalized spacial score (nSPS) is 8.72. The smallest absolute Gasteiger partial charge is 0.153 e. The van der Waals surface area contributed by atoms with Crippen molar-refractivity contribution in [1.82, 2.24) is 0 Å². The predicted molar refractivity (Wildman–Crippen MR) is 68.5 cm³/mol. The molecule has 0 fully saturated rings. The van der Waals surface area contributed by atoms with Gasteiger partial charge in [-0.3, -0.25) is 4.79 Å². The summed E-state index contributed by atoms with van der Waals surface area (Å²) in [6.07, 6.45) is 1.24. The second-order valence-corrected chi connectivity index (χ2v) is 3.31. The van der Waals surface area contributed by atoms with Gasteiger partial charge in [0.1, 0.15) is 5.75 Å². The van der Waals surface area contributed by atoms with Gasteiger partial charge in [-0.15, -0.1) is 0 Å². The molecule has 0 radical (unpaired) electrons. The Kier molecular flexibility index (Phi) is 5.88. The van der Waals surface area contributed by atoms with Gasteiger partial charge < -0.3 is 4.74 Å². The highest BCUT2D eigenvalue weighted by Gasteiger charge is 2.02. The van der Waals surface area contributed by atoms with Gasteiger partial charge >= 0.3 is 0 Å². The maximum Gasteiger partial charge on any atom is 0.153 e. The van der Waals surface area contributed by atoms with Crippen LogP contribution in [-0.4, -0.2) is 19.4 Å². The first-order valence-corrected chi connectivity index (χ1v) is 5.53. The van der Waals surface area contributed by atoms with E-state index in [9.17, 15) is 4.79 Å². The number of hydrogen-bond donors (Lipinski definition) is 0. The van der Waals surface area contributed by atoms with Crippen molar-refractivity contribution in [1.29, 1.82) is 0 Å². The molecule has 1 aromatic rings. The standard InChI is InChI=1S/C13H13N3O2/c1-2-18-13-7-6-11(9-12(13)10-17)5-3-4-8-15-16-14/h6-7,9-10H,2,4,8H2,1H3. The van der Waals surface area contributed by atoms with Gasteiger partial charge in [0.05, 0.1) is 12.2 Å². The Morgan fingerprint density at radius 2 is 2.39 bits per heavy atom. The molecular weight excluding hydrogens is 230 g/mol. The van der Waals surface area contributed by atoms with E-state index in [1.807, 2.05) is 6.92 Å². The average molecular weight is 243 g/mol. The van der Waals surface area contributed by atoms with E-state index in [1.165, 1.54) is 0 Å². The van der Waals surface area contributed by atoms with Crippen molar-refractivity contribution in [2.75, 3.05) is 13.2 Å². The first kappa shape index (κ1) is 13.6. The SMILES string of the molecule is CCOc1ccc(C#CCCN=[N+]=[N-])cc1C=O. The maximum absolute atomic E-state index is 10.9. The van der Waals surface area contributed by atoms with Crippen LogP contribution in [0.15, 0.2) is 23.3 Å². The van der Waals surface area contributed by atoms with E-state index in [2.05, 4.69) is 21.9 Å². The van der Waals surface area contributed by atoms with Gasteiger partial charge in [0.15, 0.2) is 6.29 Å². The number of hydrogen-bond acceptors (Lipinski definition) is 3. The molecule has 0 atom stereocenters. The number of rotatable bonds is 5. The van der Waals surface area contributed by atoms with Gasteiger partial charge in [-0.05, 0) is 30.7 Å².